The van der Waals surface area contributed by atoms with Gasteiger partial charge in [-0.05, 0) is 30.5 Å². The minimum Gasteiger partial charge on any atom is -0.363 e. The molecule has 0 spiro atoms. The van der Waals surface area contributed by atoms with E-state index in [0.29, 0.717) is 11.4 Å². The molecule has 1 amide bonds. The molecule has 5 rings (SSSR count). The predicted molar refractivity (Wildman–Crippen MR) is 126 cm³/mol. The second-order valence-corrected chi connectivity index (χ2v) is 9.23. The Balaban J connectivity index is 1.47. The highest BCUT2D eigenvalue weighted by atomic mass is 32.1. The standard InChI is InChI=1S/C23H21F3N6O2S/c1-13-20(22(34)32(30(13)2)14-7-4-3-5-8-14)28-21(33)16-12-19-27-15(17-9-6-10-35-17)11-18(23(24,25)26)31(19)29-16/h3-10,12,15,18,27H,11H2,1-2H3,(H,28,33). The zero-order chi connectivity index (χ0) is 24.9. The van der Waals surface area contributed by atoms with Crippen molar-refractivity contribution in [1.29, 1.82) is 0 Å². The van der Waals surface area contributed by atoms with Crippen LogP contribution in [-0.2, 0) is 7.05 Å². The van der Waals surface area contributed by atoms with E-state index in [4.69, 9.17) is 0 Å². The summed E-state index contributed by atoms with van der Waals surface area (Å²) in [5.41, 5.74) is 0.447. The van der Waals surface area contributed by atoms with Crippen molar-refractivity contribution in [2.24, 2.45) is 7.05 Å². The molecule has 2 unspecified atom stereocenters. The fourth-order valence-electron chi connectivity index (χ4n) is 4.25. The number of benzene rings is 1. The minimum absolute atomic E-state index is 0.0316. The summed E-state index contributed by atoms with van der Waals surface area (Å²) in [5.74, 6) is -0.679. The molecule has 0 bridgehead atoms. The first-order valence-electron chi connectivity index (χ1n) is 10.8. The number of para-hydroxylation sites is 1. The summed E-state index contributed by atoms with van der Waals surface area (Å²) in [6.07, 6.45) is -4.80. The van der Waals surface area contributed by atoms with Gasteiger partial charge in [-0.3, -0.25) is 14.3 Å². The number of rotatable bonds is 4. The zero-order valence-corrected chi connectivity index (χ0v) is 19.5. The number of thiophene rings is 1. The molecule has 4 heterocycles. The number of carbonyl (C=O) groups excluding carboxylic acids is 1. The summed E-state index contributed by atoms with van der Waals surface area (Å²) in [7, 11) is 1.68. The Kier molecular flexibility index (Phi) is 5.55. The van der Waals surface area contributed by atoms with E-state index in [2.05, 4.69) is 15.7 Å². The van der Waals surface area contributed by atoms with Crippen LogP contribution in [0.3, 0.4) is 0 Å². The molecule has 0 aliphatic carbocycles. The van der Waals surface area contributed by atoms with Crippen molar-refractivity contribution in [3.8, 4) is 5.69 Å². The molecule has 0 radical (unpaired) electrons. The quantitative estimate of drug-likeness (QED) is 0.425. The van der Waals surface area contributed by atoms with Gasteiger partial charge >= 0.3 is 6.18 Å². The summed E-state index contributed by atoms with van der Waals surface area (Å²) < 4.78 is 45.4. The Morgan fingerprint density at radius 1 is 1.20 bits per heavy atom. The topological polar surface area (TPSA) is 85.9 Å². The monoisotopic (exact) mass is 502 g/mol. The molecule has 0 fully saturated rings. The molecule has 2 N–H and O–H groups in total. The number of carbonyl (C=O) groups is 1. The van der Waals surface area contributed by atoms with Crippen molar-refractivity contribution in [2.45, 2.75) is 31.6 Å². The van der Waals surface area contributed by atoms with Crippen molar-refractivity contribution in [3.05, 3.63) is 80.5 Å². The molecule has 2 atom stereocenters. The average molecular weight is 503 g/mol. The number of aromatic nitrogens is 4. The molecule has 1 aromatic carbocycles. The van der Waals surface area contributed by atoms with Crippen LogP contribution < -0.4 is 16.2 Å². The fourth-order valence-corrected chi connectivity index (χ4v) is 5.04. The molecule has 3 aromatic heterocycles. The SMILES string of the molecule is Cc1c(NC(=O)c2cc3n(n2)C(C(F)(F)F)CC(c2cccs2)N3)c(=O)n(-c2ccccc2)n1C. The normalized spacial score (nSPS) is 17.6. The molecule has 0 saturated heterocycles. The van der Waals surface area contributed by atoms with Crippen LogP contribution in [0.5, 0.6) is 0 Å². The molecular weight excluding hydrogens is 481 g/mol. The first kappa shape index (κ1) is 23.0. The average Bonchev–Trinajstić information content (AvgIpc) is 3.55. The maximum atomic E-state index is 13.9. The van der Waals surface area contributed by atoms with E-state index in [1.807, 2.05) is 6.07 Å². The highest BCUT2D eigenvalue weighted by Gasteiger charge is 2.47. The number of hydrogen-bond donors (Lipinski definition) is 2. The van der Waals surface area contributed by atoms with Gasteiger partial charge in [0.1, 0.15) is 11.5 Å². The van der Waals surface area contributed by atoms with Crippen LogP contribution in [0.1, 0.15) is 39.6 Å². The number of fused-ring (bicyclic) bond motifs is 1. The van der Waals surface area contributed by atoms with Crippen LogP contribution in [0.25, 0.3) is 5.69 Å². The van der Waals surface area contributed by atoms with E-state index in [0.717, 1.165) is 9.56 Å². The lowest BCUT2D eigenvalue weighted by molar-refractivity contribution is -0.173. The molecule has 35 heavy (non-hydrogen) atoms. The molecular formula is C23H21F3N6O2S. The lowest BCUT2D eigenvalue weighted by Crippen LogP contribution is -2.35. The molecule has 8 nitrogen and oxygen atoms in total. The number of alkyl halides is 3. The van der Waals surface area contributed by atoms with E-state index in [1.54, 1.807) is 60.4 Å². The van der Waals surface area contributed by atoms with Crippen LogP contribution in [0.4, 0.5) is 24.7 Å². The van der Waals surface area contributed by atoms with Gasteiger partial charge in [-0.1, -0.05) is 24.3 Å². The van der Waals surface area contributed by atoms with E-state index in [9.17, 15) is 22.8 Å². The largest absolute Gasteiger partial charge is 0.410 e. The van der Waals surface area contributed by atoms with Crippen LogP contribution in [-0.4, -0.2) is 31.2 Å². The minimum atomic E-state index is -4.55. The maximum absolute atomic E-state index is 13.9. The number of nitrogens with zero attached hydrogens (tertiary/aromatic N) is 4. The van der Waals surface area contributed by atoms with Crippen LogP contribution in [0, 0.1) is 6.92 Å². The van der Waals surface area contributed by atoms with E-state index >= 15 is 0 Å². The molecule has 1 aliphatic heterocycles. The molecule has 182 valence electrons. The molecule has 4 aromatic rings. The molecule has 1 aliphatic rings. The van der Waals surface area contributed by atoms with Gasteiger partial charge < -0.3 is 10.6 Å². The summed E-state index contributed by atoms with van der Waals surface area (Å²) in [6.45, 7) is 1.67. The van der Waals surface area contributed by atoms with Gasteiger partial charge in [-0.25, -0.2) is 9.36 Å². The zero-order valence-electron chi connectivity index (χ0n) is 18.7. The predicted octanol–water partition coefficient (Wildman–Crippen LogP) is 4.66. The summed E-state index contributed by atoms with van der Waals surface area (Å²) >= 11 is 1.36. The van der Waals surface area contributed by atoms with Crippen LogP contribution in [0.2, 0.25) is 0 Å². The smallest absolute Gasteiger partial charge is 0.363 e. The second kappa shape index (κ2) is 8.45. The van der Waals surface area contributed by atoms with Gasteiger partial charge in [0, 0.05) is 24.4 Å². The Labute approximate surface area is 201 Å². The van der Waals surface area contributed by atoms with Gasteiger partial charge in [-0.15, -0.1) is 11.3 Å². The van der Waals surface area contributed by atoms with Gasteiger partial charge in [0.25, 0.3) is 11.5 Å². The second-order valence-electron chi connectivity index (χ2n) is 8.26. The first-order valence-corrected chi connectivity index (χ1v) is 11.6. The van der Waals surface area contributed by atoms with Crippen molar-refractivity contribution in [2.75, 3.05) is 10.6 Å². The first-order chi connectivity index (χ1) is 16.6. The number of amides is 1. The van der Waals surface area contributed by atoms with Crippen molar-refractivity contribution in [3.63, 3.8) is 0 Å². The van der Waals surface area contributed by atoms with Crippen LogP contribution >= 0.6 is 11.3 Å². The van der Waals surface area contributed by atoms with Gasteiger partial charge in [0.2, 0.25) is 0 Å². The lowest BCUT2D eigenvalue weighted by Gasteiger charge is -2.32. The van der Waals surface area contributed by atoms with Crippen molar-refractivity contribution >= 4 is 28.7 Å². The van der Waals surface area contributed by atoms with Gasteiger partial charge in [0.05, 0.1) is 17.4 Å². The van der Waals surface area contributed by atoms with Gasteiger partial charge in [0.15, 0.2) is 11.7 Å². The van der Waals surface area contributed by atoms with E-state index in [1.165, 1.54) is 22.1 Å². The fraction of sp³-hybridized carbons (Fsp3) is 0.261. The highest BCUT2D eigenvalue weighted by molar-refractivity contribution is 7.10. The molecule has 12 heteroatoms. The van der Waals surface area contributed by atoms with Crippen molar-refractivity contribution < 1.29 is 18.0 Å². The molecule has 0 saturated carbocycles. The summed E-state index contributed by atoms with van der Waals surface area (Å²) in [4.78, 5) is 26.8. The lowest BCUT2D eigenvalue weighted by atomic mass is 10.0. The Morgan fingerprint density at radius 3 is 2.60 bits per heavy atom. The number of halogens is 3. The summed E-state index contributed by atoms with van der Waals surface area (Å²) in [6, 6.07) is 11.3. The Hall–Kier alpha value is -3.80. The van der Waals surface area contributed by atoms with Crippen LogP contribution in [0.15, 0.2) is 58.7 Å². The maximum Gasteiger partial charge on any atom is 0.410 e. The summed E-state index contributed by atoms with van der Waals surface area (Å²) in [5, 5.41) is 11.4. The number of hydrogen-bond acceptors (Lipinski definition) is 5. The third-order valence-electron chi connectivity index (χ3n) is 6.10. The van der Waals surface area contributed by atoms with Gasteiger partial charge in [-0.2, -0.15) is 18.3 Å². The van der Waals surface area contributed by atoms with Crippen molar-refractivity contribution in [1.82, 2.24) is 19.1 Å². The number of nitrogens with one attached hydrogen (secondary N) is 2. The third-order valence-corrected chi connectivity index (χ3v) is 7.09. The highest BCUT2D eigenvalue weighted by Crippen LogP contribution is 2.44. The van der Waals surface area contributed by atoms with E-state index < -0.39 is 29.7 Å². The number of anilines is 2. The van der Waals surface area contributed by atoms with E-state index in [-0.39, 0.29) is 23.6 Å². The Morgan fingerprint density at radius 2 is 1.94 bits per heavy atom. The Bertz CT molecular complexity index is 1440. The third kappa shape index (κ3) is 4.03.